The standard InChI is InChI=1S/C14H18ClN5O/c1-2-12(10-3-5-11(15)6-4-10)17-14(21)13-9-20(8-7-16)19-18-13/h3-6,9,12H,2,7-8,16H2,1H3,(H,17,21). The molecule has 112 valence electrons. The molecule has 1 aromatic carbocycles. The van der Waals surface area contributed by atoms with Crippen molar-refractivity contribution in [3.8, 4) is 0 Å². The van der Waals surface area contributed by atoms with Crippen LogP contribution in [0.15, 0.2) is 30.5 Å². The fourth-order valence-electron chi connectivity index (χ4n) is 1.99. The average Bonchev–Trinajstić information content (AvgIpc) is 2.95. The summed E-state index contributed by atoms with van der Waals surface area (Å²) in [7, 11) is 0. The summed E-state index contributed by atoms with van der Waals surface area (Å²) in [6.45, 7) is 2.99. The smallest absolute Gasteiger partial charge is 0.273 e. The van der Waals surface area contributed by atoms with Gasteiger partial charge in [-0.25, -0.2) is 0 Å². The number of rotatable bonds is 6. The Morgan fingerprint density at radius 1 is 1.43 bits per heavy atom. The first-order chi connectivity index (χ1) is 10.1. The normalized spacial score (nSPS) is 12.1. The summed E-state index contributed by atoms with van der Waals surface area (Å²) >= 11 is 5.88. The molecule has 1 aromatic heterocycles. The fraction of sp³-hybridized carbons (Fsp3) is 0.357. The average molecular weight is 308 g/mol. The van der Waals surface area contributed by atoms with Gasteiger partial charge in [-0.1, -0.05) is 35.9 Å². The lowest BCUT2D eigenvalue weighted by Crippen LogP contribution is -2.28. The molecule has 0 aliphatic heterocycles. The van der Waals surface area contributed by atoms with Crippen molar-refractivity contribution in [2.24, 2.45) is 5.73 Å². The summed E-state index contributed by atoms with van der Waals surface area (Å²) in [6.07, 6.45) is 2.36. The van der Waals surface area contributed by atoms with Crippen LogP contribution in [-0.2, 0) is 6.54 Å². The van der Waals surface area contributed by atoms with E-state index in [0.717, 1.165) is 12.0 Å². The number of amides is 1. The van der Waals surface area contributed by atoms with Crippen molar-refractivity contribution >= 4 is 17.5 Å². The highest BCUT2D eigenvalue weighted by atomic mass is 35.5. The molecule has 2 aromatic rings. The predicted octanol–water partition coefficient (Wildman–Crippen LogP) is 1.77. The third-order valence-corrected chi connectivity index (χ3v) is 3.37. The van der Waals surface area contributed by atoms with Gasteiger partial charge in [-0.3, -0.25) is 9.48 Å². The van der Waals surface area contributed by atoms with Gasteiger partial charge in [0.15, 0.2) is 5.69 Å². The van der Waals surface area contributed by atoms with E-state index in [2.05, 4.69) is 15.6 Å². The molecular weight excluding hydrogens is 290 g/mol. The van der Waals surface area contributed by atoms with E-state index in [1.165, 1.54) is 0 Å². The molecule has 0 radical (unpaired) electrons. The Morgan fingerprint density at radius 3 is 2.76 bits per heavy atom. The molecule has 0 bridgehead atoms. The number of aromatic nitrogens is 3. The first-order valence-electron chi connectivity index (χ1n) is 6.80. The van der Waals surface area contributed by atoms with E-state index >= 15 is 0 Å². The van der Waals surface area contributed by atoms with Gasteiger partial charge in [0.2, 0.25) is 0 Å². The Kier molecular flexibility index (Phi) is 5.30. The molecule has 0 aliphatic rings. The first kappa shape index (κ1) is 15.5. The van der Waals surface area contributed by atoms with Crippen LogP contribution in [0.25, 0.3) is 0 Å². The van der Waals surface area contributed by atoms with Crippen LogP contribution in [0.2, 0.25) is 5.02 Å². The lowest BCUT2D eigenvalue weighted by Gasteiger charge is -2.16. The number of benzene rings is 1. The molecule has 0 aliphatic carbocycles. The van der Waals surface area contributed by atoms with Crippen LogP contribution in [0.1, 0.15) is 35.4 Å². The molecule has 3 N–H and O–H groups in total. The van der Waals surface area contributed by atoms with Gasteiger partial charge in [0.25, 0.3) is 5.91 Å². The number of hydrogen-bond donors (Lipinski definition) is 2. The van der Waals surface area contributed by atoms with E-state index < -0.39 is 0 Å². The summed E-state index contributed by atoms with van der Waals surface area (Å²) < 4.78 is 1.55. The van der Waals surface area contributed by atoms with Crippen molar-refractivity contribution in [3.63, 3.8) is 0 Å². The maximum atomic E-state index is 12.2. The number of nitrogens with one attached hydrogen (secondary N) is 1. The van der Waals surface area contributed by atoms with E-state index in [1.807, 2.05) is 31.2 Å². The topological polar surface area (TPSA) is 85.8 Å². The molecule has 0 fully saturated rings. The summed E-state index contributed by atoms with van der Waals surface area (Å²) in [5, 5.41) is 11.3. The van der Waals surface area contributed by atoms with E-state index in [1.54, 1.807) is 10.9 Å². The Morgan fingerprint density at radius 2 is 2.14 bits per heavy atom. The second-order valence-electron chi connectivity index (χ2n) is 4.64. The minimum absolute atomic E-state index is 0.0885. The van der Waals surface area contributed by atoms with Gasteiger partial charge in [0.05, 0.1) is 18.8 Å². The Hall–Kier alpha value is -1.92. The molecule has 1 amide bonds. The lowest BCUT2D eigenvalue weighted by molar-refractivity contribution is 0.0930. The Bertz CT molecular complexity index is 596. The van der Waals surface area contributed by atoms with Crippen LogP contribution in [0.3, 0.4) is 0 Å². The Balaban J connectivity index is 2.06. The van der Waals surface area contributed by atoms with E-state index in [-0.39, 0.29) is 17.6 Å². The number of carbonyl (C=O) groups excluding carboxylic acids is 1. The van der Waals surface area contributed by atoms with Crippen LogP contribution in [0.4, 0.5) is 0 Å². The number of nitrogens with two attached hydrogens (primary N) is 1. The maximum Gasteiger partial charge on any atom is 0.273 e. The van der Waals surface area contributed by atoms with Crippen molar-refractivity contribution in [2.75, 3.05) is 6.54 Å². The number of hydrogen-bond acceptors (Lipinski definition) is 4. The number of carbonyl (C=O) groups is 1. The van der Waals surface area contributed by atoms with Crippen molar-refractivity contribution < 1.29 is 4.79 Å². The molecule has 0 saturated carbocycles. The molecule has 6 nitrogen and oxygen atoms in total. The van der Waals surface area contributed by atoms with Gasteiger partial charge < -0.3 is 11.1 Å². The van der Waals surface area contributed by atoms with Gasteiger partial charge in [0.1, 0.15) is 0 Å². The van der Waals surface area contributed by atoms with E-state index in [0.29, 0.717) is 18.1 Å². The largest absolute Gasteiger partial charge is 0.344 e. The lowest BCUT2D eigenvalue weighted by atomic mass is 10.0. The van der Waals surface area contributed by atoms with Crippen molar-refractivity contribution in [3.05, 3.63) is 46.7 Å². The number of nitrogens with zero attached hydrogens (tertiary/aromatic N) is 3. The molecule has 7 heteroatoms. The van der Waals surface area contributed by atoms with Crippen LogP contribution in [0.5, 0.6) is 0 Å². The third kappa shape index (κ3) is 4.03. The van der Waals surface area contributed by atoms with Crippen LogP contribution < -0.4 is 11.1 Å². The zero-order valence-electron chi connectivity index (χ0n) is 11.8. The molecule has 0 spiro atoms. The van der Waals surface area contributed by atoms with Crippen LogP contribution in [-0.4, -0.2) is 27.4 Å². The highest BCUT2D eigenvalue weighted by molar-refractivity contribution is 6.30. The minimum atomic E-state index is -0.250. The zero-order chi connectivity index (χ0) is 15.2. The third-order valence-electron chi connectivity index (χ3n) is 3.12. The summed E-state index contributed by atoms with van der Waals surface area (Å²) in [6, 6.07) is 7.34. The van der Waals surface area contributed by atoms with Gasteiger partial charge in [0, 0.05) is 11.6 Å². The van der Waals surface area contributed by atoms with Crippen molar-refractivity contribution in [2.45, 2.75) is 25.9 Å². The maximum absolute atomic E-state index is 12.2. The van der Waals surface area contributed by atoms with Crippen molar-refractivity contribution in [1.29, 1.82) is 0 Å². The first-order valence-corrected chi connectivity index (χ1v) is 7.18. The molecule has 0 saturated heterocycles. The molecule has 1 atom stereocenters. The van der Waals surface area contributed by atoms with E-state index in [9.17, 15) is 4.79 Å². The molecular formula is C14H18ClN5O. The zero-order valence-corrected chi connectivity index (χ0v) is 12.5. The van der Waals surface area contributed by atoms with Gasteiger partial charge in [-0.2, -0.15) is 0 Å². The quantitative estimate of drug-likeness (QED) is 0.851. The number of halogens is 1. The van der Waals surface area contributed by atoms with E-state index in [4.69, 9.17) is 17.3 Å². The monoisotopic (exact) mass is 307 g/mol. The van der Waals surface area contributed by atoms with Crippen molar-refractivity contribution in [1.82, 2.24) is 20.3 Å². The fourth-order valence-corrected chi connectivity index (χ4v) is 2.12. The highest BCUT2D eigenvalue weighted by Crippen LogP contribution is 2.19. The molecule has 2 rings (SSSR count). The van der Waals surface area contributed by atoms with Crippen LogP contribution >= 0.6 is 11.6 Å². The molecule has 1 heterocycles. The highest BCUT2D eigenvalue weighted by Gasteiger charge is 2.16. The molecule has 21 heavy (non-hydrogen) atoms. The second-order valence-corrected chi connectivity index (χ2v) is 5.08. The van der Waals surface area contributed by atoms with Gasteiger partial charge in [-0.15, -0.1) is 5.10 Å². The summed E-state index contributed by atoms with van der Waals surface area (Å²) in [5.74, 6) is -0.250. The van der Waals surface area contributed by atoms with Gasteiger partial charge >= 0.3 is 0 Å². The minimum Gasteiger partial charge on any atom is -0.344 e. The SMILES string of the molecule is CCC(NC(=O)c1cn(CCN)nn1)c1ccc(Cl)cc1. The summed E-state index contributed by atoms with van der Waals surface area (Å²) in [4.78, 5) is 12.2. The molecule has 1 unspecified atom stereocenters. The van der Waals surface area contributed by atoms with Crippen LogP contribution in [0, 0.1) is 0 Å². The summed E-state index contributed by atoms with van der Waals surface area (Å²) in [5.41, 5.74) is 6.73. The van der Waals surface area contributed by atoms with Gasteiger partial charge in [-0.05, 0) is 24.1 Å². The second kappa shape index (κ2) is 7.19. The predicted molar refractivity (Wildman–Crippen MR) is 81.0 cm³/mol. The Labute approximate surface area is 128 Å².